The molecule has 0 aliphatic carbocycles. The number of carbonyl (C=O) groups is 1. The predicted octanol–water partition coefficient (Wildman–Crippen LogP) is 3.59. The van der Waals surface area contributed by atoms with Crippen molar-refractivity contribution < 1.29 is 14.3 Å². The average Bonchev–Trinajstić information content (AvgIpc) is 3.39. The second-order valence-corrected chi connectivity index (χ2v) is 6.80. The lowest BCUT2D eigenvalue weighted by atomic mass is 10.1. The van der Waals surface area contributed by atoms with Crippen molar-refractivity contribution in [2.24, 2.45) is 0 Å². The third kappa shape index (κ3) is 4.37. The standard InChI is InChI=1S/C21H22N4O3/c1-14-4-6-15(7-5-14)19-22-21(25-24-19)23-20(26)16-8-10-17(11-9-16)28-13-18-3-2-12-27-18/h4-11,18H,2-3,12-13H2,1H3,(H2,22,23,24,25,26)/t18-/m0/s1. The second-order valence-electron chi connectivity index (χ2n) is 6.80. The third-order valence-corrected chi connectivity index (χ3v) is 4.61. The van der Waals surface area contributed by atoms with Crippen LogP contribution in [-0.2, 0) is 4.74 Å². The number of ether oxygens (including phenoxy) is 2. The SMILES string of the molecule is Cc1ccc(-c2nc(NC(=O)c3ccc(OC[C@@H]4CCCO4)cc3)n[nH]2)cc1. The molecule has 0 radical (unpaired) electrons. The Morgan fingerprint density at radius 3 is 2.71 bits per heavy atom. The zero-order chi connectivity index (χ0) is 19.3. The Morgan fingerprint density at radius 2 is 2.00 bits per heavy atom. The molecule has 1 saturated heterocycles. The van der Waals surface area contributed by atoms with E-state index in [1.165, 1.54) is 5.56 Å². The van der Waals surface area contributed by atoms with Crippen molar-refractivity contribution in [2.45, 2.75) is 25.9 Å². The molecule has 1 atom stereocenters. The first kappa shape index (κ1) is 18.2. The van der Waals surface area contributed by atoms with Gasteiger partial charge in [0.25, 0.3) is 5.91 Å². The minimum absolute atomic E-state index is 0.163. The molecular formula is C21H22N4O3. The van der Waals surface area contributed by atoms with Crippen LogP contribution in [0.25, 0.3) is 11.4 Å². The molecule has 0 bridgehead atoms. The summed E-state index contributed by atoms with van der Waals surface area (Å²) >= 11 is 0. The van der Waals surface area contributed by atoms with Gasteiger partial charge < -0.3 is 9.47 Å². The summed E-state index contributed by atoms with van der Waals surface area (Å²) in [5.41, 5.74) is 2.58. The molecule has 0 unspecified atom stereocenters. The largest absolute Gasteiger partial charge is 0.491 e. The number of hydrogen-bond acceptors (Lipinski definition) is 5. The Bertz CT molecular complexity index is 929. The van der Waals surface area contributed by atoms with Crippen LogP contribution in [0.3, 0.4) is 0 Å². The molecule has 3 aromatic rings. The first-order valence-electron chi connectivity index (χ1n) is 9.32. The number of H-pyrrole nitrogens is 1. The Balaban J connectivity index is 1.35. The number of carbonyl (C=O) groups excluding carboxylic acids is 1. The fourth-order valence-corrected chi connectivity index (χ4v) is 3.00. The van der Waals surface area contributed by atoms with Crippen LogP contribution in [0.2, 0.25) is 0 Å². The van der Waals surface area contributed by atoms with Crippen LogP contribution in [0.1, 0.15) is 28.8 Å². The first-order valence-corrected chi connectivity index (χ1v) is 9.32. The molecule has 2 aromatic carbocycles. The molecule has 4 rings (SSSR count). The highest BCUT2D eigenvalue weighted by Crippen LogP contribution is 2.19. The second kappa shape index (κ2) is 8.22. The van der Waals surface area contributed by atoms with Gasteiger partial charge in [-0.1, -0.05) is 29.8 Å². The fourth-order valence-electron chi connectivity index (χ4n) is 3.00. The van der Waals surface area contributed by atoms with E-state index >= 15 is 0 Å². The van der Waals surface area contributed by atoms with Crippen LogP contribution in [0.5, 0.6) is 5.75 Å². The molecular weight excluding hydrogens is 356 g/mol. The third-order valence-electron chi connectivity index (χ3n) is 4.61. The molecule has 144 valence electrons. The number of amides is 1. The molecule has 1 aliphatic heterocycles. The van der Waals surface area contributed by atoms with Gasteiger partial charge in [-0.25, -0.2) is 0 Å². The minimum atomic E-state index is -0.278. The Hall–Kier alpha value is -3.19. The van der Waals surface area contributed by atoms with E-state index in [9.17, 15) is 4.79 Å². The smallest absolute Gasteiger partial charge is 0.258 e. The summed E-state index contributed by atoms with van der Waals surface area (Å²) in [5.74, 6) is 1.28. The number of benzene rings is 2. The fraction of sp³-hybridized carbons (Fsp3) is 0.286. The number of anilines is 1. The summed E-state index contributed by atoms with van der Waals surface area (Å²) in [7, 11) is 0. The summed E-state index contributed by atoms with van der Waals surface area (Å²) in [6.07, 6.45) is 2.28. The number of aromatic nitrogens is 3. The van der Waals surface area contributed by atoms with E-state index in [1.54, 1.807) is 24.3 Å². The zero-order valence-corrected chi connectivity index (χ0v) is 15.6. The van der Waals surface area contributed by atoms with E-state index in [4.69, 9.17) is 9.47 Å². The van der Waals surface area contributed by atoms with Gasteiger partial charge in [0, 0.05) is 17.7 Å². The molecule has 28 heavy (non-hydrogen) atoms. The molecule has 2 heterocycles. The lowest BCUT2D eigenvalue weighted by Crippen LogP contribution is -2.16. The van der Waals surface area contributed by atoms with Crippen molar-refractivity contribution in [1.29, 1.82) is 0 Å². The van der Waals surface area contributed by atoms with Gasteiger partial charge in [0.2, 0.25) is 5.95 Å². The molecule has 7 nitrogen and oxygen atoms in total. The predicted molar refractivity (Wildman–Crippen MR) is 105 cm³/mol. The number of aryl methyl sites for hydroxylation is 1. The zero-order valence-electron chi connectivity index (χ0n) is 15.6. The summed E-state index contributed by atoms with van der Waals surface area (Å²) in [6, 6.07) is 14.9. The highest BCUT2D eigenvalue weighted by atomic mass is 16.5. The van der Waals surface area contributed by atoms with E-state index in [0.29, 0.717) is 23.7 Å². The Morgan fingerprint density at radius 1 is 1.21 bits per heavy atom. The number of nitrogens with zero attached hydrogens (tertiary/aromatic N) is 2. The molecule has 1 aliphatic rings. The van der Waals surface area contributed by atoms with Crippen molar-refractivity contribution >= 4 is 11.9 Å². The molecule has 2 N–H and O–H groups in total. The lowest BCUT2D eigenvalue weighted by molar-refractivity contribution is 0.0679. The highest BCUT2D eigenvalue weighted by Gasteiger charge is 2.16. The summed E-state index contributed by atoms with van der Waals surface area (Å²) < 4.78 is 11.3. The summed E-state index contributed by atoms with van der Waals surface area (Å²) in [5, 5.41) is 9.61. The molecule has 1 fully saturated rings. The van der Waals surface area contributed by atoms with Crippen LogP contribution >= 0.6 is 0 Å². The molecule has 1 amide bonds. The maximum atomic E-state index is 12.4. The van der Waals surface area contributed by atoms with Crippen LogP contribution in [0.15, 0.2) is 48.5 Å². The molecule has 0 saturated carbocycles. The van der Waals surface area contributed by atoms with Gasteiger partial charge in [0.1, 0.15) is 12.4 Å². The number of nitrogens with one attached hydrogen (secondary N) is 2. The normalized spacial score (nSPS) is 16.1. The average molecular weight is 378 g/mol. The topological polar surface area (TPSA) is 89.1 Å². The summed E-state index contributed by atoms with van der Waals surface area (Å²) in [6.45, 7) is 3.36. The minimum Gasteiger partial charge on any atom is -0.491 e. The van der Waals surface area contributed by atoms with Crippen molar-refractivity contribution in [2.75, 3.05) is 18.5 Å². The number of aromatic amines is 1. The van der Waals surface area contributed by atoms with E-state index < -0.39 is 0 Å². The van der Waals surface area contributed by atoms with Crippen molar-refractivity contribution in [3.8, 4) is 17.1 Å². The van der Waals surface area contributed by atoms with Gasteiger partial charge in [0.15, 0.2) is 5.82 Å². The Kier molecular flexibility index (Phi) is 5.34. The highest BCUT2D eigenvalue weighted by molar-refractivity contribution is 6.03. The van der Waals surface area contributed by atoms with Crippen molar-refractivity contribution in [1.82, 2.24) is 15.2 Å². The van der Waals surface area contributed by atoms with Gasteiger partial charge in [-0.3, -0.25) is 15.2 Å². The van der Waals surface area contributed by atoms with Crippen LogP contribution in [0.4, 0.5) is 5.95 Å². The first-order chi connectivity index (χ1) is 13.7. The van der Waals surface area contributed by atoms with Gasteiger partial charge >= 0.3 is 0 Å². The summed E-state index contributed by atoms with van der Waals surface area (Å²) in [4.78, 5) is 16.7. The van der Waals surface area contributed by atoms with Crippen LogP contribution in [0, 0.1) is 6.92 Å². The Labute approximate surface area is 163 Å². The number of rotatable bonds is 6. The monoisotopic (exact) mass is 378 g/mol. The van der Waals surface area contributed by atoms with Gasteiger partial charge in [-0.2, -0.15) is 4.98 Å². The van der Waals surface area contributed by atoms with Crippen LogP contribution in [-0.4, -0.2) is 40.4 Å². The lowest BCUT2D eigenvalue weighted by Gasteiger charge is -2.11. The maximum absolute atomic E-state index is 12.4. The number of hydrogen-bond donors (Lipinski definition) is 2. The van der Waals surface area contributed by atoms with E-state index in [2.05, 4.69) is 20.5 Å². The van der Waals surface area contributed by atoms with Crippen LogP contribution < -0.4 is 10.1 Å². The van der Waals surface area contributed by atoms with Crippen molar-refractivity contribution in [3.05, 3.63) is 59.7 Å². The molecule has 7 heteroatoms. The van der Waals surface area contributed by atoms with Gasteiger partial charge in [-0.15, -0.1) is 5.10 Å². The van der Waals surface area contributed by atoms with Gasteiger partial charge in [0.05, 0.1) is 6.10 Å². The molecule has 0 spiro atoms. The van der Waals surface area contributed by atoms with E-state index in [1.807, 2.05) is 31.2 Å². The van der Waals surface area contributed by atoms with Gasteiger partial charge in [-0.05, 0) is 44.0 Å². The van der Waals surface area contributed by atoms with E-state index in [-0.39, 0.29) is 18.0 Å². The van der Waals surface area contributed by atoms with Crippen molar-refractivity contribution in [3.63, 3.8) is 0 Å². The maximum Gasteiger partial charge on any atom is 0.258 e. The quantitative estimate of drug-likeness (QED) is 0.684. The molecule has 1 aromatic heterocycles. The van der Waals surface area contributed by atoms with E-state index in [0.717, 1.165) is 25.0 Å².